The van der Waals surface area contributed by atoms with Gasteiger partial charge in [0.1, 0.15) is 17.6 Å². The second-order valence-electron chi connectivity index (χ2n) is 12.2. The average molecular weight is 635 g/mol. The molecule has 5 rings (SSSR count). The van der Waals surface area contributed by atoms with Crippen molar-refractivity contribution in [2.24, 2.45) is 16.3 Å². The van der Waals surface area contributed by atoms with Crippen LogP contribution in [0.2, 0.25) is 0 Å². The second kappa shape index (κ2) is 12.9. The smallest absolute Gasteiger partial charge is 0.419 e. The summed E-state index contributed by atoms with van der Waals surface area (Å²) in [6, 6.07) is 3.88. The lowest BCUT2D eigenvalue weighted by Crippen LogP contribution is -2.50. The molecule has 1 aromatic heterocycles. The number of carboxylic acid groups (broad SMARTS) is 1. The van der Waals surface area contributed by atoms with Crippen molar-refractivity contribution < 1.29 is 32.6 Å². The molecule has 0 spiro atoms. The maximum Gasteiger partial charge on any atom is 0.419 e. The Balaban J connectivity index is 1.34. The normalized spacial score (nSPS) is 21.4. The number of aromatic nitrogens is 1. The van der Waals surface area contributed by atoms with Gasteiger partial charge < -0.3 is 15.2 Å². The zero-order valence-electron chi connectivity index (χ0n) is 24.9. The number of carbonyl (C=O) groups excluding carboxylic acids is 1. The number of nitrogens with zero attached hydrogens (tertiary/aromatic N) is 4. The molecule has 2 aromatic rings. The number of benzene rings is 1. The Morgan fingerprint density at radius 1 is 1.23 bits per heavy atom. The van der Waals surface area contributed by atoms with Gasteiger partial charge in [-0.3, -0.25) is 29.7 Å². The van der Waals surface area contributed by atoms with Crippen LogP contribution in [0.4, 0.5) is 18.3 Å². The molecule has 14 heteroatoms. The number of carbonyl (C=O) groups is 2. The standard InChI is InChI=1S/C30H37F3N6O4S/c1-29(2)9-4-10-38(17-29)16-23-25(19-5-6-22(43-3)20(13-19)30(31,32)33)36-28(44-23)37-26(40)21-14-35-24(15-34-21)39-11-7-18(8-12-39)27(41)42/h5-6,13-15,18,24,35H,4,7-12,16-17H2,1-3H3,(H,41,42)(H,36,37,40). The molecule has 0 radical (unpaired) electrons. The van der Waals surface area contributed by atoms with Crippen LogP contribution in [-0.4, -0.2) is 77.4 Å². The van der Waals surface area contributed by atoms with Gasteiger partial charge in [-0.05, 0) is 55.8 Å². The lowest BCUT2D eigenvalue weighted by molar-refractivity contribution is -0.143. The summed E-state index contributed by atoms with van der Waals surface area (Å²) >= 11 is 1.24. The molecule has 1 amide bonds. The molecule has 0 saturated carbocycles. The molecular formula is C30H37F3N6O4S. The topological polar surface area (TPSA) is 119 Å². The molecule has 3 aliphatic rings. The predicted molar refractivity (Wildman–Crippen MR) is 161 cm³/mol. The lowest BCUT2D eigenvalue weighted by Gasteiger charge is -2.37. The first-order chi connectivity index (χ1) is 20.8. The number of methoxy groups -OCH3 is 1. The van der Waals surface area contributed by atoms with E-state index in [1.54, 1.807) is 12.3 Å². The van der Waals surface area contributed by atoms with Crippen molar-refractivity contribution in [3.63, 3.8) is 0 Å². The number of rotatable bonds is 8. The first-order valence-corrected chi connectivity index (χ1v) is 15.4. The fraction of sp³-hybridized carbons (Fsp3) is 0.533. The van der Waals surface area contributed by atoms with Crippen LogP contribution in [0, 0.1) is 11.3 Å². The molecule has 1 atom stereocenters. The first-order valence-electron chi connectivity index (χ1n) is 14.6. The van der Waals surface area contributed by atoms with Gasteiger partial charge in [-0.15, -0.1) is 0 Å². The summed E-state index contributed by atoms with van der Waals surface area (Å²) < 4.78 is 46.5. The maximum atomic E-state index is 13.9. The van der Waals surface area contributed by atoms with Gasteiger partial charge in [0.05, 0.1) is 24.3 Å². The van der Waals surface area contributed by atoms with E-state index in [9.17, 15) is 27.9 Å². The van der Waals surface area contributed by atoms with Crippen molar-refractivity contribution in [1.29, 1.82) is 0 Å². The Hall–Kier alpha value is -3.49. The molecule has 3 N–H and O–H groups in total. The number of alkyl halides is 3. The monoisotopic (exact) mass is 634 g/mol. The van der Waals surface area contributed by atoms with Gasteiger partial charge in [-0.1, -0.05) is 25.2 Å². The van der Waals surface area contributed by atoms with Crippen molar-refractivity contribution in [2.45, 2.75) is 58.4 Å². The average Bonchev–Trinajstić information content (AvgIpc) is 3.37. The van der Waals surface area contributed by atoms with Crippen LogP contribution in [0.5, 0.6) is 5.75 Å². The van der Waals surface area contributed by atoms with Gasteiger partial charge >= 0.3 is 12.1 Å². The van der Waals surface area contributed by atoms with E-state index in [-0.39, 0.29) is 39.6 Å². The minimum absolute atomic E-state index is 0.117. The molecule has 2 fully saturated rings. The van der Waals surface area contributed by atoms with E-state index in [0.717, 1.165) is 36.9 Å². The largest absolute Gasteiger partial charge is 0.496 e. The molecule has 2 saturated heterocycles. The number of nitrogens with one attached hydrogen (secondary N) is 2. The van der Waals surface area contributed by atoms with Gasteiger partial charge in [-0.25, -0.2) is 4.98 Å². The molecule has 0 aliphatic carbocycles. The molecule has 44 heavy (non-hydrogen) atoms. The van der Waals surface area contributed by atoms with E-state index in [2.05, 4.69) is 44.3 Å². The molecule has 3 aliphatic heterocycles. The number of hydrogen-bond acceptors (Lipinski definition) is 9. The summed E-state index contributed by atoms with van der Waals surface area (Å²) in [7, 11) is 1.20. The Morgan fingerprint density at radius 3 is 2.59 bits per heavy atom. The van der Waals surface area contributed by atoms with E-state index in [1.165, 1.54) is 30.7 Å². The Morgan fingerprint density at radius 2 is 1.98 bits per heavy atom. The number of halogens is 3. The molecule has 10 nitrogen and oxygen atoms in total. The molecule has 1 unspecified atom stereocenters. The van der Waals surface area contributed by atoms with Gasteiger partial charge in [0.25, 0.3) is 5.91 Å². The third kappa shape index (κ3) is 7.41. The highest BCUT2D eigenvalue weighted by Gasteiger charge is 2.35. The van der Waals surface area contributed by atoms with Crippen LogP contribution in [0.15, 0.2) is 35.1 Å². The predicted octanol–water partition coefficient (Wildman–Crippen LogP) is 5.04. The number of likely N-dealkylation sites (tertiary alicyclic amines) is 2. The summed E-state index contributed by atoms with van der Waals surface area (Å²) in [6.45, 7) is 7.78. The fourth-order valence-electron chi connectivity index (χ4n) is 6.00. The zero-order chi connectivity index (χ0) is 31.6. The van der Waals surface area contributed by atoms with Crippen molar-refractivity contribution in [1.82, 2.24) is 20.1 Å². The number of anilines is 1. The molecule has 238 valence electrons. The molecular weight excluding hydrogens is 597 g/mol. The number of aliphatic carboxylic acids is 1. The number of carboxylic acids is 1. The van der Waals surface area contributed by atoms with Gasteiger partial charge in [0.2, 0.25) is 0 Å². The number of hydrogen-bond donors (Lipinski definition) is 3. The highest BCUT2D eigenvalue weighted by Crippen LogP contribution is 2.41. The zero-order valence-corrected chi connectivity index (χ0v) is 25.7. The first kappa shape index (κ1) is 31.9. The van der Waals surface area contributed by atoms with Crippen LogP contribution < -0.4 is 15.4 Å². The van der Waals surface area contributed by atoms with E-state index in [1.807, 2.05) is 0 Å². The van der Waals surface area contributed by atoms with Crippen LogP contribution in [-0.2, 0) is 22.3 Å². The van der Waals surface area contributed by atoms with E-state index in [0.29, 0.717) is 38.2 Å². The summed E-state index contributed by atoms with van der Waals surface area (Å²) in [4.78, 5) is 38.4. The second-order valence-corrected chi connectivity index (χ2v) is 13.3. The van der Waals surface area contributed by atoms with Crippen molar-refractivity contribution >= 4 is 34.6 Å². The highest BCUT2D eigenvalue weighted by atomic mass is 32.1. The van der Waals surface area contributed by atoms with Crippen LogP contribution in [0.25, 0.3) is 11.3 Å². The van der Waals surface area contributed by atoms with Crippen molar-refractivity contribution in [3.05, 3.63) is 40.5 Å². The minimum Gasteiger partial charge on any atom is -0.496 e. The minimum atomic E-state index is -4.62. The van der Waals surface area contributed by atoms with Gasteiger partial charge in [0.15, 0.2) is 5.13 Å². The Labute approximate surface area is 258 Å². The van der Waals surface area contributed by atoms with E-state index in [4.69, 9.17) is 4.74 Å². The van der Waals surface area contributed by atoms with E-state index >= 15 is 0 Å². The highest BCUT2D eigenvalue weighted by molar-refractivity contribution is 7.16. The van der Waals surface area contributed by atoms with Crippen LogP contribution in [0.3, 0.4) is 0 Å². The summed E-state index contributed by atoms with van der Waals surface area (Å²) in [5.74, 6) is -1.91. The van der Waals surface area contributed by atoms with Gasteiger partial charge in [0, 0.05) is 49.0 Å². The van der Waals surface area contributed by atoms with Crippen LogP contribution >= 0.6 is 11.3 Å². The summed E-state index contributed by atoms with van der Waals surface area (Å²) in [6.07, 6.45) is 1.44. The number of ether oxygens (including phenoxy) is 1. The Bertz CT molecular complexity index is 1450. The maximum absolute atomic E-state index is 13.9. The summed E-state index contributed by atoms with van der Waals surface area (Å²) in [5, 5.41) is 15.4. The molecule has 1 aromatic carbocycles. The van der Waals surface area contributed by atoms with E-state index < -0.39 is 23.6 Å². The number of thiazole rings is 1. The number of piperidine rings is 2. The third-order valence-corrected chi connectivity index (χ3v) is 9.25. The Kier molecular flexibility index (Phi) is 9.33. The SMILES string of the molecule is COc1ccc(-c2nc(NC(=O)C3=CNC(N4CCC(C(=O)O)CC4)C=N3)sc2CN2CCCC(C)(C)C2)cc1C(F)(F)F. The quantitative estimate of drug-likeness (QED) is 0.370. The summed E-state index contributed by atoms with van der Waals surface area (Å²) in [5.41, 5.74) is 0.0157. The molecule has 4 heterocycles. The lowest BCUT2D eigenvalue weighted by atomic mass is 9.84. The molecule has 0 bridgehead atoms. The van der Waals surface area contributed by atoms with Crippen LogP contribution in [0.1, 0.15) is 50.0 Å². The number of aliphatic imine (C=N–C) groups is 1. The van der Waals surface area contributed by atoms with Crippen molar-refractivity contribution in [3.8, 4) is 17.0 Å². The number of amides is 1. The fourth-order valence-corrected chi connectivity index (χ4v) is 7.02. The van der Waals surface area contributed by atoms with Crippen molar-refractivity contribution in [2.75, 3.05) is 38.6 Å². The third-order valence-electron chi connectivity index (χ3n) is 8.29. The van der Waals surface area contributed by atoms with Gasteiger partial charge in [-0.2, -0.15) is 13.2 Å².